The van der Waals surface area contributed by atoms with Crippen molar-refractivity contribution in [3.8, 4) is 0 Å². The molecule has 1 amide bonds. The van der Waals surface area contributed by atoms with Crippen LogP contribution < -0.4 is 10.6 Å². The van der Waals surface area contributed by atoms with Gasteiger partial charge < -0.3 is 15.2 Å². The number of carbonyl (C=O) groups excluding carboxylic acids is 1. The summed E-state index contributed by atoms with van der Waals surface area (Å²) in [6.07, 6.45) is 3.05. The first-order chi connectivity index (χ1) is 9.72. The number of rotatable bonds is 6. The Morgan fingerprint density at radius 2 is 2.30 bits per heavy atom. The van der Waals surface area contributed by atoms with Gasteiger partial charge in [-0.1, -0.05) is 5.16 Å². The average molecular weight is 279 g/mol. The topological polar surface area (TPSA) is 92.9 Å². The second-order valence-corrected chi connectivity index (χ2v) is 3.89. The Morgan fingerprint density at radius 1 is 1.45 bits per heavy atom. The zero-order chi connectivity index (χ0) is 14.4. The quantitative estimate of drug-likeness (QED) is 0.819. The van der Waals surface area contributed by atoms with Crippen molar-refractivity contribution >= 4 is 11.7 Å². The minimum atomic E-state index is -0.662. The van der Waals surface area contributed by atoms with Crippen LogP contribution in [0.3, 0.4) is 0 Å². The normalized spacial score (nSPS) is 10.3. The molecule has 0 atom stereocenters. The first-order valence-corrected chi connectivity index (χ1v) is 6.14. The highest BCUT2D eigenvalue weighted by atomic mass is 19.1. The molecule has 0 aliphatic carbocycles. The van der Waals surface area contributed by atoms with Gasteiger partial charge in [0.15, 0.2) is 18.0 Å². The summed E-state index contributed by atoms with van der Waals surface area (Å²) < 4.78 is 18.8. The fourth-order valence-electron chi connectivity index (χ4n) is 1.59. The van der Waals surface area contributed by atoms with Gasteiger partial charge in [-0.2, -0.15) is 4.98 Å². The molecule has 0 saturated carbocycles. The van der Waals surface area contributed by atoms with Crippen LogP contribution in [0.15, 0.2) is 23.1 Å². The van der Waals surface area contributed by atoms with Gasteiger partial charge in [-0.3, -0.25) is 4.79 Å². The first kappa shape index (κ1) is 13.9. The largest absolute Gasteiger partial charge is 0.368 e. The molecule has 0 saturated heterocycles. The van der Waals surface area contributed by atoms with Crippen molar-refractivity contribution in [2.24, 2.45) is 0 Å². The molecule has 0 unspecified atom stereocenters. The summed E-state index contributed by atoms with van der Waals surface area (Å²) in [6.45, 7) is 2.61. The maximum Gasteiger partial charge on any atom is 0.254 e. The molecule has 0 spiro atoms. The van der Waals surface area contributed by atoms with Crippen LogP contribution in [0, 0.1) is 5.82 Å². The lowest BCUT2D eigenvalue weighted by molar-refractivity contribution is 0.0949. The van der Waals surface area contributed by atoms with Gasteiger partial charge in [0.2, 0.25) is 5.89 Å². The smallest absolute Gasteiger partial charge is 0.254 e. The minimum Gasteiger partial charge on any atom is -0.368 e. The van der Waals surface area contributed by atoms with Gasteiger partial charge in [0.05, 0.1) is 5.56 Å². The Morgan fingerprint density at radius 3 is 3.00 bits per heavy atom. The average Bonchev–Trinajstić information content (AvgIpc) is 2.94. The van der Waals surface area contributed by atoms with Crippen molar-refractivity contribution in [3.63, 3.8) is 0 Å². The lowest BCUT2D eigenvalue weighted by atomic mass is 10.2. The summed E-state index contributed by atoms with van der Waals surface area (Å²) >= 11 is 0. The second kappa shape index (κ2) is 6.60. The molecular formula is C12H14FN5O2. The zero-order valence-electron chi connectivity index (χ0n) is 10.9. The SMILES string of the molecule is CCNc1nccc(C(=O)NCCc2ncno2)c1F. The lowest BCUT2D eigenvalue weighted by Crippen LogP contribution is -2.27. The van der Waals surface area contributed by atoms with E-state index in [-0.39, 0.29) is 17.9 Å². The molecular weight excluding hydrogens is 265 g/mol. The second-order valence-electron chi connectivity index (χ2n) is 3.89. The van der Waals surface area contributed by atoms with E-state index >= 15 is 0 Å². The van der Waals surface area contributed by atoms with E-state index in [9.17, 15) is 9.18 Å². The third-order valence-corrected chi connectivity index (χ3v) is 2.51. The predicted molar refractivity (Wildman–Crippen MR) is 68.7 cm³/mol. The fraction of sp³-hybridized carbons (Fsp3) is 0.333. The number of carbonyl (C=O) groups is 1. The van der Waals surface area contributed by atoms with Crippen LogP contribution in [0.4, 0.5) is 10.2 Å². The van der Waals surface area contributed by atoms with Crippen molar-refractivity contribution in [2.45, 2.75) is 13.3 Å². The van der Waals surface area contributed by atoms with E-state index < -0.39 is 11.7 Å². The van der Waals surface area contributed by atoms with E-state index in [1.54, 1.807) is 0 Å². The highest BCUT2D eigenvalue weighted by molar-refractivity contribution is 5.95. The van der Waals surface area contributed by atoms with E-state index in [1.165, 1.54) is 18.6 Å². The van der Waals surface area contributed by atoms with Crippen molar-refractivity contribution < 1.29 is 13.7 Å². The standard InChI is InChI=1S/C12H14FN5O2/c1-2-14-11-10(13)8(3-5-15-11)12(19)16-6-4-9-17-7-18-20-9/h3,5,7H,2,4,6H2,1H3,(H,14,15)(H,16,19). The van der Waals surface area contributed by atoms with E-state index in [1.807, 2.05) is 6.92 Å². The number of pyridine rings is 1. The van der Waals surface area contributed by atoms with E-state index in [0.717, 1.165) is 0 Å². The van der Waals surface area contributed by atoms with E-state index in [4.69, 9.17) is 4.52 Å². The molecule has 0 fully saturated rings. The van der Waals surface area contributed by atoms with E-state index in [2.05, 4.69) is 25.8 Å². The number of hydrogen-bond donors (Lipinski definition) is 2. The van der Waals surface area contributed by atoms with Gasteiger partial charge >= 0.3 is 0 Å². The Hall–Kier alpha value is -2.51. The van der Waals surface area contributed by atoms with Gasteiger partial charge in [0.25, 0.3) is 5.91 Å². The van der Waals surface area contributed by atoms with Crippen LogP contribution in [0.2, 0.25) is 0 Å². The Kier molecular flexibility index (Phi) is 4.59. The highest BCUT2D eigenvalue weighted by Crippen LogP contribution is 2.14. The number of aromatic nitrogens is 3. The molecule has 0 aromatic carbocycles. The van der Waals surface area contributed by atoms with E-state index in [0.29, 0.717) is 18.9 Å². The van der Waals surface area contributed by atoms with Crippen molar-refractivity contribution in [1.82, 2.24) is 20.4 Å². The summed E-state index contributed by atoms with van der Waals surface area (Å²) in [6, 6.07) is 1.33. The van der Waals surface area contributed by atoms with Crippen LogP contribution >= 0.6 is 0 Å². The molecule has 0 aliphatic heterocycles. The number of nitrogens with zero attached hydrogens (tertiary/aromatic N) is 3. The molecule has 20 heavy (non-hydrogen) atoms. The van der Waals surface area contributed by atoms with Gasteiger partial charge in [-0.15, -0.1) is 0 Å². The number of amides is 1. The molecule has 0 radical (unpaired) electrons. The maximum atomic E-state index is 14.0. The summed E-state index contributed by atoms with van der Waals surface area (Å²) in [7, 11) is 0. The van der Waals surface area contributed by atoms with Gasteiger partial charge in [-0.05, 0) is 13.0 Å². The zero-order valence-corrected chi connectivity index (χ0v) is 10.9. The summed E-state index contributed by atoms with van der Waals surface area (Å²) in [4.78, 5) is 19.5. The van der Waals surface area contributed by atoms with Crippen LogP contribution in [0.25, 0.3) is 0 Å². The van der Waals surface area contributed by atoms with Crippen LogP contribution in [-0.2, 0) is 6.42 Å². The molecule has 2 heterocycles. The van der Waals surface area contributed by atoms with Gasteiger partial charge in [0, 0.05) is 25.7 Å². The third kappa shape index (κ3) is 3.28. The maximum absolute atomic E-state index is 14.0. The Labute approximate surface area is 114 Å². The molecule has 2 aromatic heterocycles. The molecule has 7 nitrogen and oxygen atoms in total. The van der Waals surface area contributed by atoms with Gasteiger partial charge in [-0.25, -0.2) is 9.37 Å². The Bertz CT molecular complexity index is 573. The summed E-state index contributed by atoms with van der Waals surface area (Å²) in [5.74, 6) is -0.695. The van der Waals surface area contributed by atoms with Crippen LogP contribution in [0.5, 0.6) is 0 Å². The molecule has 2 rings (SSSR count). The lowest BCUT2D eigenvalue weighted by Gasteiger charge is -2.08. The predicted octanol–water partition coefficient (Wildman–Crippen LogP) is 1.01. The number of halogens is 1. The molecule has 0 bridgehead atoms. The molecule has 2 aromatic rings. The fourth-order valence-corrected chi connectivity index (χ4v) is 1.59. The summed E-state index contributed by atoms with van der Waals surface area (Å²) in [5.41, 5.74) is -0.0542. The molecule has 0 aliphatic rings. The number of hydrogen-bond acceptors (Lipinski definition) is 6. The molecule has 8 heteroatoms. The number of anilines is 1. The number of nitrogens with one attached hydrogen (secondary N) is 2. The van der Waals surface area contributed by atoms with Crippen molar-refractivity contribution in [1.29, 1.82) is 0 Å². The van der Waals surface area contributed by atoms with Crippen LogP contribution in [-0.4, -0.2) is 34.1 Å². The minimum absolute atomic E-state index is 0.0542. The van der Waals surface area contributed by atoms with Crippen LogP contribution in [0.1, 0.15) is 23.2 Å². The summed E-state index contributed by atoms with van der Waals surface area (Å²) in [5, 5.41) is 8.78. The van der Waals surface area contributed by atoms with Gasteiger partial charge in [0.1, 0.15) is 0 Å². The highest BCUT2D eigenvalue weighted by Gasteiger charge is 2.15. The monoisotopic (exact) mass is 279 g/mol. The van der Waals surface area contributed by atoms with Crippen molar-refractivity contribution in [2.75, 3.05) is 18.4 Å². The molecule has 2 N–H and O–H groups in total. The Balaban J connectivity index is 1.96. The first-order valence-electron chi connectivity index (χ1n) is 6.14. The third-order valence-electron chi connectivity index (χ3n) is 2.51. The van der Waals surface area contributed by atoms with Crippen molar-refractivity contribution in [3.05, 3.63) is 35.9 Å². The molecule has 106 valence electrons.